The van der Waals surface area contributed by atoms with Crippen LogP contribution in [0.4, 0.5) is 26.1 Å². The predicted octanol–water partition coefficient (Wildman–Crippen LogP) is 3.11. The van der Waals surface area contributed by atoms with Crippen LogP contribution in [0.3, 0.4) is 0 Å². The van der Waals surface area contributed by atoms with Gasteiger partial charge in [0.25, 0.3) is 0 Å². The summed E-state index contributed by atoms with van der Waals surface area (Å²) in [6.45, 7) is 4.57. The van der Waals surface area contributed by atoms with Crippen molar-refractivity contribution in [3.8, 4) is 11.6 Å². The monoisotopic (exact) mass is 411 g/mol. The van der Waals surface area contributed by atoms with E-state index in [0.29, 0.717) is 25.0 Å². The van der Waals surface area contributed by atoms with E-state index < -0.39 is 11.7 Å². The quantitative estimate of drug-likeness (QED) is 0.574. The summed E-state index contributed by atoms with van der Waals surface area (Å²) in [6.07, 6.45) is 1.41. The summed E-state index contributed by atoms with van der Waals surface area (Å²) >= 11 is 0. The number of nitrogens with zero attached hydrogens (tertiary/aromatic N) is 3. The highest BCUT2D eigenvalue weighted by molar-refractivity contribution is 5.88. The zero-order valence-corrected chi connectivity index (χ0v) is 16.6. The topological polar surface area (TPSA) is 107 Å². The minimum atomic E-state index is -3.28. The minimum absolute atomic E-state index is 0.0369. The number of amides is 1. The molecule has 0 aromatic carbocycles. The molecule has 0 saturated heterocycles. The first-order valence-corrected chi connectivity index (χ1v) is 8.79. The number of anilines is 3. The van der Waals surface area contributed by atoms with Gasteiger partial charge in [-0.1, -0.05) is 0 Å². The first kappa shape index (κ1) is 22.2. The van der Waals surface area contributed by atoms with E-state index in [1.807, 2.05) is 0 Å². The van der Waals surface area contributed by atoms with Crippen molar-refractivity contribution in [2.45, 2.75) is 26.7 Å². The van der Waals surface area contributed by atoms with E-state index in [4.69, 9.17) is 14.2 Å². The number of methoxy groups -OCH3 is 1. The average molecular weight is 411 g/mol. The highest BCUT2D eigenvalue weighted by atomic mass is 19.3. The van der Waals surface area contributed by atoms with E-state index in [9.17, 15) is 13.6 Å². The Bertz CT molecular complexity index is 845. The minimum Gasteiger partial charge on any atom is -0.490 e. The largest absolute Gasteiger partial charge is 0.490 e. The van der Waals surface area contributed by atoms with Gasteiger partial charge in [-0.15, -0.1) is 0 Å². The lowest BCUT2D eigenvalue weighted by atomic mass is 10.3. The third kappa shape index (κ3) is 6.79. The summed E-state index contributed by atoms with van der Waals surface area (Å²) < 4.78 is 43.4. The molecule has 1 amide bonds. The molecule has 0 aliphatic rings. The highest BCUT2D eigenvalue weighted by Crippen LogP contribution is 2.32. The lowest BCUT2D eigenvalue weighted by molar-refractivity contribution is -0.114. The molecule has 0 fully saturated rings. The fourth-order valence-corrected chi connectivity index (χ4v) is 2.19. The van der Waals surface area contributed by atoms with Crippen LogP contribution < -0.4 is 20.1 Å². The fourth-order valence-electron chi connectivity index (χ4n) is 2.19. The van der Waals surface area contributed by atoms with Gasteiger partial charge in [-0.05, 0) is 6.92 Å². The second kappa shape index (κ2) is 9.92. The van der Waals surface area contributed by atoms with Gasteiger partial charge in [0.2, 0.25) is 17.6 Å². The number of nitrogens with one attached hydrogen (secondary N) is 2. The number of aromatic nitrogens is 3. The number of hydrogen-bond donors (Lipinski definition) is 2. The summed E-state index contributed by atoms with van der Waals surface area (Å²) in [4.78, 5) is 23.0. The van der Waals surface area contributed by atoms with E-state index >= 15 is 0 Å². The summed E-state index contributed by atoms with van der Waals surface area (Å²) in [7, 11) is 1.49. The Balaban J connectivity index is 2.40. The standard InChI is InChI=1S/C18H23F2N5O4/c1-5-28-13-10-21-14(22-11(2)26)8-12(13)23-15-9-16(29-7-6-27-4)25-17(24-15)18(3,19)20/h8-10H,5-7H2,1-4H3,(H2,21,22,23,24,25,26). The molecule has 29 heavy (non-hydrogen) atoms. The molecule has 0 radical (unpaired) electrons. The number of pyridine rings is 1. The van der Waals surface area contributed by atoms with Crippen molar-refractivity contribution in [3.05, 3.63) is 24.2 Å². The van der Waals surface area contributed by atoms with Crippen molar-refractivity contribution in [3.63, 3.8) is 0 Å². The molecule has 158 valence electrons. The molecule has 0 aliphatic carbocycles. The molecule has 0 aliphatic heterocycles. The molecule has 2 aromatic rings. The van der Waals surface area contributed by atoms with Crippen LogP contribution in [0.5, 0.6) is 11.6 Å². The highest BCUT2D eigenvalue weighted by Gasteiger charge is 2.29. The van der Waals surface area contributed by atoms with Crippen molar-refractivity contribution in [1.82, 2.24) is 15.0 Å². The normalized spacial score (nSPS) is 11.1. The molecular weight excluding hydrogens is 388 g/mol. The second-order valence-electron chi connectivity index (χ2n) is 5.95. The summed E-state index contributed by atoms with van der Waals surface area (Å²) in [6, 6.07) is 2.88. The Hall–Kier alpha value is -3.08. The molecule has 2 rings (SSSR count). The zero-order valence-electron chi connectivity index (χ0n) is 16.6. The first-order valence-electron chi connectivity index (χ1n) is 8.79. The van der Waals surface area contributed by atoms with Crippen molar-refractivity contribution < 1.29 is 27.8 Å². The van der Waals surface area contributed by atoms with Crippen LogP contribution in [0.1, 0.15) is 26.6 Å². The van der Waals surface area contributed by atoms with Crippen LogP contribution in [0.2, 0.25) is 0 Å². The Morgan fingerprint density at radius 3 is 2.55 bits per heavy atom. The molecule has 11 heteroatoms. The van der Waals surface area contributed by atoms with Crippen LogP contribution in [-0.2, 0) is 15.5 Å². The molecule has 0 unspecified atom stereocenters. The fraction of sp³-hybridized carbons (Fsp3) is 0.444. The van der Waals surface area contributed by atoms with Gasteiger partial charge in [0.15, 0.2) is 5.75 Å². The summed E-state index contributed by atoms with van der Waals surface area (Å²) in [5, 5.41) is 5.45. The van der Waals surface area contributed by atoms with Crippen molar-refractivity contribution in [1.29, 1.82) is 0 Å². The van der Waals surface area contributed by atoms with Crippen molar-refractivity contribution >= 4 is 23.2 Å². The summed E-state index contributed by atoms with van der Waals surface area (Å²) in [5.74, 6) is -3.66. The molecule has 0 saturated carbocycles. The third-order valence-corrected chi connectivity index (χ3v) is 3.37. The van der Waals surface area contributed by atoms with Crippen LogP contribution in [0.25, 0.3) is 0 Å². The van der Waals surface area contributed by atoms with Gasteiger partial charge in [-0.3, -0.25) is 4.79 Å². The molecule has 0 atom stereocenters. The molecule has 0 bridgehead atoms. The maximum Gasteiger partial charge on any atom is 0.304 e. The number of carbonyl (C=O) groups excluding carboxylic acids is 1. The van der Waals surface area contributed by atoms with Crippen LogP contribution in [0.15, 0.2) is 18.3 Å². The molecule has 0 spiro atoms. The average Bonchev–Trinajstić information content (AvgIpc) is 2.63. The van der Waals surface area contributed by atoms with Crippen molar-refractivity contribution in [2.75, 3.05) is 37.6 Å². The van der Waals surface area contributed by atoms with Gasteiger partial charge in [0.05, 0.1) is 25.1 Å². The lowest BCUT2D eigenvalue weighted by Gasteiger charge is -2.16. The molecule has 2 heterocycles. The van der Waals surface area contributed by atoms with Crippen molar-refractivity contribution in [2.24, 2.45) is 0 Å². The molecule has 9 nitrogen and oxygen atoms in total. The smallest absolute Gasteiger partial charge is 0.304 e. The molecular formula is C18H23F2N5O4. The number of alkyl halides is 2. The van der Waals surface area contributed by atoms with Gasteiger partial charge in [-0.2, -0.15) is 13.8 Å². The number of ether oxygens (including phenoxy) is 3. The van der Waals surface area contributed by atoms with Gasteiger partial charge in [0, 0.05) is 33.1 Å². The van der Waals surface area contributed by atoms with E-state index in [2.05, 4.69) is 25.6 Å². The first-order chi connectivity index (χ1) is 13.7. The molecule has 2 aromatic heterocycles. The maximum atomic E-state index is 13.8. The second-order valence-corrected chi connectivity index (χ2v) is 5.95. The van der Waals surface area contributed by atoms with E-state index in [-0.39, 0.29) is 36.6 Å². The number of hydrogen-bond acceptors (Lipinski definition) is 8. The van der Waals surface area contributed by atoms with Gasteiger partial charge >= 0.3 is 5.92 Å². The van der Waals surface area contributed by atoms with Crippen LogP contribution >= 0.6 is 0 Å². The Kier molecular flexibility index (Phi) is 7.59. The zero-order chi connectivity index (χ0) is 21.4. The Morgan fingerprint density at radius 1 is 1.17 bits per heavy atom. The van der Waals surface area contributed by atoms with Gasteiger partial charge < -0.3 is 24.8 Å². The number of halogens is 2. The van der Waals surface area contributed by atoms with E-state index in [0.717, 1.165) is 0 Å². The predicted molar refractivity (Wildman–Crippen MR) is 102 cm³/mol. The molecule has 2 N–H and O–H groups in total. The van der Waals surface area contributed by atoms with E-state index in [1.165, 1.54) is 32.4 Å². The Morgan fingerprint density at radius 2 is 1.93 bits per heavy atom. The van der Waals surface area contributed by atoms with Gasteiger partial charge in [-0.25, -0.2) is 9.97 Å². The Labute approximate surface area is 166 Å². The lowest BCUT2D eigenvalue weighted by Crippen LogP contribution is -2.16. The van der Waals surface area contributed by atoms with E-state index in [1.54, 1.807) is 6.92 Å². The van der Waals surface area contributed by atoms with Crippen LogP contribution in [0, 0.1) is 0 Å². The summed E-state index contributed by atoms with van der Waals surface area (Å²) in [5.41, 5.74) is 0.373. The number of carbonyl (C=O) groups is 1. The van der Waals surface area contributed by atoms with Crippen LogP contribution in [-0.4, -0.2) is 47.8 Å². The maximum absolute atomic E-state index is 13.8. The SMILES string of the molecule is CCOc1cnc(NC(C)=O)cc1Nc1cc(OCCOC)nc(C(C)(F)F)n1. The van der Waals surface area contributed by atoms with Gasteiger partial charge in [0.1, 0.15) is 18.2 Å². The third-order valence-electron chi connectivity index (χ3n) is 3.37. The number of rotatable bonds is 10.